The smallest absolute Gasteiger partial charge is 0.238 e. The molecule has 1 heterocycles. The van der Waals surface area contributed by atoms with Gasteiger partial charge in [0.1, 0.15) is 5.75 Å². The average Bonchev–Trinajstić information content (AvgIpc) is 2.42. The van der Waals surface area contributed by atoms with Crippen LogP contribution in [0.5, 0.6) is 11.6 Å². The molecule has 1 N–H and O–H groups in total. The second-order valence-electron chi connectivity index (χ2n) is 5.41. The maximum absolute atomic E-state index is 6.15. The van der Waals surface area contributed by atoms with Gasteiger partial charge in [-0.05, 0) is 37.1 Å². The normalized spacial score (nSPS) is 10.9. The molecule has 0 atom stereocenters. The highest BCUT2D eigenvalue weighted by Gasteiger charge is 2.06. The van der Waals surface area contributed by atoms with Crippen molar-refractivity contribution < 1.29 is 4.74 Å². The fraction of sp³-hybridized carbons (Fsp3) is 0.375. The van der Waals surface area contributed by atoms with Crippen molar-refractivity contribution in [2.75, 3.05) is 6.54 Å². The third-order valence-electron chi connectivity index (χ3n) is 2.82. The number of aromatic nitrogens is 2. The van der Waals surface area contributed by atoms with Crippen molar-refractivity contribution in [3.05, 3.63) is 46.9 Å². The molecule has 0 bridgehead atoms. The molecule has 0 saturated heterocycles. The van der Waals surface area contributed by atoms with E-state index in [4.69, 9.17) is 16.3 Å². The standard InChI is InChI=1S/C16H20ClN3O/c1-11(2)7-18-8-13-9-19-10-16(20-13)21-15-5-4-12(3)6-14(15)17/h4-6,9-11,18H,7-8H2,1-3H3. The summed E-state index contributed by atoms with van der Waals surface area (Å²) in [5.41, 5.74) is 1.93. The Labute approximate surface area is 130 Å². The lowest BCUT2D eigenvalue weighted by molar-refractivity contribution is 0.455. The Kier molecular flexibility index (Phi) is 5.53. The minimum absolute atomic E-state index is 0.449. The van der Waals surface area contributed by atoms with Crippen molar-refractivity contribution in [1.29, 1.82) is 0 Å². The third kappa shape index (κ3) is 4.99. The zero-order valence-corrected chi connectivity index (χ0v) is 13.3. The van der Waals surface area contributed by atoms with Gasteiger partial charge in [0.15, 0.2) is 0 Å². The van der Waals surface area contributed by atoms with Gasteiger partial charge in [0.05, 0.1) is 16.9 Å². The molecule has 0 amide bonds. The first-order valence-electron chi connectivity index (χ1n) is 7.00. The van der Waals surface area contributed by atoms with Crippen molar-refractivity contribution in [2.24, 2.45) is 5.92 Å². The summed E-state index contributed by atoms with van der Waals surface area (Å²) in [5.74, 6) is 1.64. The van der Waals surface area contributed by atoms with Gasteiger partial charge in [-0.25, -0.2) is 4.98 Å². The van der Waals surface area contributed by atoms with Crippen LogP contribution in [-0.4, -0.2) is 16.5 Å². The summed E-state index contributed by atoms with van der Waals surface area (Å²) < 4.78 is 5.70. The summed E-state index contributed by atoms with van der Waals surface area (Å²) in [5, 5.41) is 3.90. The lowest BCUT2D eigenvalue weighted by Crippen LogP contribution is -2.19. The Bertz CT molecular complexity index is 602. The second kappa shape index (κ2) is 7.38. The van der Waals surface area contributed by atoms with Crippen molar-refractivity contribution in [3.8, 4) is 11.6 Å². The highest BCUT2D eigenvalue weighted by Crippen LogP contribution is 2.28. The number of hydrogen-bond donors (Lipinski definition) is 1. The zero-order valence-electron chi connectivity index (χ0n) is 12.6. The van der Waals surface area contributed by atoms with Gasteiger partial charge < -0.3 is 10.1 Å². The molecule has 1 aromatic heterocycles. The molecule has 21 heavy (non-hydrogen) atoms. The van der Waals surface area contributed by atoms with Gasteiger partial charge in [-0.2, -0.15) is 0 Å². The van der Waals surface area contributed by atoms with E-state index in [9.17, 15) is 0 Å². The van der Waals surface area contributed by atoms with E-state index in [1.165, 1.54) is 0 Å². The van der Waals surface area contributed by atoms with Crippen molar-refractivity contribution in [3.63, 3.8) is 0 Å². The molecule has 0 aliphatic carbocycles. The summed E-state index contributed by atoms with van der Waals surface area (Å²) in [7, 11) is 0. The molecule has 4 nitrogen and oxygen atoms in total. The van der Waals surface area contributed by atoms with Gasteiger partial charge in [-0.3, -0.25) is 4.98 Å². The van der Waals surface area contributed by atoms with Crippen molar-refractivity contribution in [1.82, 2.24) is 15.3 Å². The van der Waals surface area contributed by atoms with E-state index in [1.54, 1.807) is 12.4 Å². The summed E-state index contributed by atoms with van der Waals surface area (Å²) in [6.07, 6.45) is 3.32. The van der Waals surface area contributed by atoms with Gasteiger partial charge in [0, 0.05) is 12.7 Å². The predicted molar refractivity (Wildman–Crippen MR) is 84.8 cm³/mol. The maximum atomic E-state index is 6.15. The van der Waals surface area contributed by atoms with Crippen molar-refractivity contribution in [2.45, 2.75) is 27.3 Å². The average molecular weight is 306 g/mol. The van der Waals surface area contributed by atoms with E-state index in [2.05, 4.69) is 29.1 Å². The Morgan fingerprint density at radius 1 is 1.29 bits per heavy atom. The maximum Gasteiger partial charge on any atom is 0.238 e. The van der Waals surface area contributed by atoms with Gasteiger partial charge >= 0.3 is 0 Å². The molecule has 0 aliphatic rings. The van der Waals surface area contributed by atoms with Gasteiger partial charge in [0.2, 0.25) is 5.88 Å². The van der Waals surface area contributed by atoms with Crippen molar-refractivity contribution >= 4 is 11.6 Å². The van der Waals surface area contributed by atoms with Gasteiger partial charge in [0.25, 0.3) is 0 Å². The van der Waals surface area contributed by atoms with Crippen LogP contribution in [0.25, 0.3) is 0 Å². The molecule has 0 aliphatic heterocycles. The Balaban J connectivity index is 2.03. The first kappa shape index (κ1) is 15.7. The molecule has 1 aromatic carbocycles. The molecule has 0 saturated carbocycles. The molecule has 2 rings (SSSR count). The molecule has 5 heteroatoms. The first-order valence-corrected chi connectivity index (χ1v) is 7.38. The predicted octanol–water partition coefficient (Wildman–Crippen LogP) is 3.98. The summed E-state index contributed by atoms with van der Waals surface area (Å²) >= 11 is 6.15. The minimum Gasteiger partial charge on any atom is -0.436 e. The third-order valence-corrected chi connectivity index (χ3v) is 3.12. The fourth-order valence-electron chi connectivity index (χ4n) is 1.81. The van der Waals surface area contributed by atoms with Crippen LogP contribution in [0.1, 0.15) is 25.1 Å². The second-order valence-corrected chi connectivity index (χ2v) is 5.82. The first-order chi connectivity index (χ1) is 10.0. The minimum atomic E-state index is 0.449. The summed E-state index contributed by atoms with van der Waals surface area (Å²) in [6.45, 7) is 7.92. The number of halogens is 1. The molecule has 0 radical (unpaired) electrons. The molecule has 0 fully saturated rings. The van der Waals surface area contributed by atoms with E-state index < -0.39 is 0 Å². The van der Waals surface area contributed by atoms with Crippen LogP contribution in [0.2, 0.25) is 5.02 Å². The molecule has 112 valence electrons. The van der Waals surface area contributed by atoms with Gasteiger partial charge in [-0.15, -0.1) is 0 Å². The monoisotopic (exact) mass is 305 g/mol. The molecule has 0 spiro atoms. The Morgan fingerprint density at radius 2 is 2.10 bits per heavy atom. The lowest BCUT2D eigenvalue weighted by Gasteiger charge is -2.09. The van der Waals surface area contributed by atoms with Gasteiger partial charge in [-0.1, -0.05) is 31.5 Å². The highest BCUT2D eigenvalue weighted by atomic mass is 35.5. The number of nitrogens with one attached hydrogen (secondary N) is 1. The van der Waals surface area contributed by atoms with Crippen LogP contribution in [0.3, 0.4) is 0 Å². The lowest BCUT2D eigenvalue weighted by atomic mass is 10.2. The molecular formula is C16H20ClN3O. The molecule has 2 aromatic rings. The van der Waals surface area contributed by atoms with E-state index in [-0.39, 0.29) is 0 Å². The fourth-order valence-corrected chi connectivity index (χ4v) is 2.08. The number of benzene rings is 1. The van der Waals surface area contributed by atoms with Crippen LogP contribution in [0.15, 0.2) is 30.6 Å². The summed E-state index contributed by atoms with van der Waals surface area (Å²) in [6, 6.07) is 5.64. The van der Waals surface area contributed by atoms with Crippen LogP contribution in [0, 0.1) is 12.8 Å². The topological polar surface area (TPSA) is 47.0 Å². The van der Waals surface area contributed by atoms with E-state index in [0.29, 0.717) is 29.1 Å². The van der Waals surface area contributed by atoms with Crippen LogP contribution >= 0.6 is 11.6 Å². The van der Waals surface area contributed by atoms with E-state index in [1.807, 2.05) is 25.1 Å². The van der Waals surface area contributed by atoms with Crippen LogP contribution in [-0.2, 0) is 6.54 Å². The quantitative estimate of drug-likeness (QED) is 0.877. The number of nitrogens with zero attached hydrogens (tertiary/aromatic N) is 2. The number of aryl methyl sites for hydroxylation is 1. The van der Waals surface area contributed by atoms with Crippen LogP contribution < -0.4 is 10.1 Å². The summed E-state index contributed by atoms with van der Waals surface area (Å²) in [4.78, 5) is 8.58. The van der Waals surface area contributed by atoms with E-state index >= 15 is 0 Å². The van der Waals surface area contributed by atoms with Crippen LogP contribution in [0.4, 0.5) is 0 Å². The highest BCUT2D eigenvalue weighted by molar-refractivity contribution is 6.32. The zero-order chi connectivity index (χ0) is 15.2. The Hall–Kier alpha value is -1.65. The molecule has 0 unspecified atom stereocenters. The number of rotatable bonds is 6. The number of hydrogen-bond acceptors (Lipinski definition) is 4. The Morgan fingerprint density at radius 3 is 2.81 bits per heavy atom. The largest absolute Gasteiger partial charge is 0.436 e. The van der Waals surface area contributed by atoms with E-state index in [0.717, 1.165) is 17.8 Å². The SMILES string of the molecule is Cc1ccc(Oc2cncc(CNCC(C)C)n2)c(Cl)c1. The molecular weight excluding hydrogens is 286 g/mol. The number of ether oxygens (including phenoxy) is 1.